The van der Waals surface area contributed by atoms with E-state index >= 15 is 0 Å². The molecule has 1 amide bonds. The monoisotopic (exact) mass is 320 g/mol. The molecule has 0 bridgehead atoms. The lowest BCUT2D eigenvalue weighted by Gasteiger charge is -2.17. The quantitative estimate of drug-likeness (QED) is 0.870. The third kappa shape index (κ3) is 3.26. The molecule has 24 heavy (non-hydrogen) atoms. The van der Waals surface area contributed by atoms with Crippen LogP contribution < -0.4 is 4.74 Å². The first-order chi connectivity index (χ1) is 11.7. The molecule has 4 nitrogen and oxygen atoms in total. The van der Waals surface area contributed by atoms with Gasteiger partial charge in [-0.3, -0.25) is 4.79 Å². The van der Waals surface area contributed by atoms with Gasteiger partial charge in [0.15, 0.2) is 0 Å². The average molecular weight is 320 g/mol. The number of nitrogens with zero attached hydrogens (tertiary/aromatic N) is 2. The van der Waals surface area contributed by atoms with Crippen molar-refractivity contribution in [3.05, 3.63) is 65.7 Å². The first kappa shape index (κ1) is 16.1. The second kappa shape index (κ2) is 7.18. The van der Waals surface area contributed by atoms with Crippen molar-refractivity contribution in [1.82, 2.24) is 4.90 Å². The van der Waals surface area contributed by atoms with Gasteiger partial charge in [0, 0.05) is 24.6 Å². The van der Waals surface area contributed by atoms with Crippen LogP contribution in [0.25, 0.3) is 0 Å². The van der Waals surface area contributed by atoms with Gasteiger partial charge in [-0.25, -0.2) is 0 Å². The van der Waals surface area contributed by atoms with E-state index in [4.69, 9.17) is 4.74 Å². The van der Waals surface area contributed by atoms with E-state index in [2.05, 4.69) is 6.07 Å². The zero-order valence-corrected chi connectivity index (χ0v) is 13.7. The van der Waals surface area contributed by atoms with Crippen molar-refractivity contribution < 1.29 is 9.53 Å². The molecule has 3 rings (SSSR count). The molecule has 2 aromatic rings. The topological polar surface area (TPSA) is 53.3 Å². The van der Waals surface area contributed by atoms with Gasteiger partial charge in [-0.1, -0.05) is 48.5 Å². The summed E-state index contributed by atoms with van der Waals surface area (Å²) < 4.78 is 5.32. The van der Waals surface area contributed by atoms with E-state index in [-0.39, 0.29) is 17.7 Å². The largest absolute Gasteiger partial charge is 0.496 e. The van der Waals surface area contributed by atoms with E-state index in [0.717, 1.165) is 16.9 Å². The number of carbonyl (C=O) groups excluding carboxylic acids is 1. The molecule has 4 heteroatoms. The minimum absolute atomic E-state index is 0.0400. The summed E-state index contributed by atoms with van der Waals surface area (Å²) in [7, 11) is 1.61. The average Bonchev–Trinajstić information content (AvgIpc) is 3.07. The zero-order valence-electron chi connectivity index (χ0n) is 13.7. The molecule has 0 N–H and O–H groups in total. The molecule has 1 saturated heterocycles. The van der Waals surface area contributed by atoms with E-state index in [1.54, 1.807) is 12.0 Å². The van der Waals surface area contributed by atoms with Crippen molar-refractivity contribution in [2.24, 2.45) is 5.92 Å². The highest BCUT2D eigenvalue weighted by Crippen LogP contribution is 2.32. The fraction of sp³-hybridized carbons (Fsp3) is 0.300. The maximum atomic E-state index is 12.7. The maximum absolute atomic E-state index is 12.7. The molecule has 0 saturated carbocycles. The third-order valence-corrected chi connectivity index (χ3v) is 4.60. The van der Waals surface area contributed by atoms with Crippen molar-refractivity contribution in [3.63, 3.8) is 0 Å². The minimum Gasteiger partial charge on any atom is -0.496 e. The van der Waals surface area contributed by atoms with Crippen LogP contribution in [-0.2, 0) is 11.2 Å². The number of hydrogen-bond donors (Lipinski definition) is 0. The van der Waals surface area contributed by atoms with Crippen LogP contribution in [-0.4, -0.2) is 31.0 Å². The Kier molecular flexibility index (Phi) is 4.81. The molecule has 1 heterocycles. The summed E-state index contributed by atoms with van der Waals surface area (Å²) >= 11 is 0. The Labute approximate surface area is 142 Å². The molecule has 2 aromatic carbocycles. The zero-order chi connectivity index (χ0) is 16.9. The summed E-state index contributed by atoms with van der Waals surface area (Å²) in [6.07, 6.45) is 0.295. The van der Waals surface area contributed by atoms with Gasteiger partial charge in [0.2, 0.25) is 5.91 Å². The second-order valence-corrected chi connectivity index (χ2v) is 6.04. The molecule has 0 spiro atoms. The Hall–Kier alpha value is -2.80. The number of carbonyl (C=O) groups is 1. The lowest BCUT2D eigenvalue weighted by molar-refractivity contribution is -0.129. The molecule has 0 unspecified atom stereocenters. The van der Waals surface area contributed by atoms with Crippen molar-refractivity contribution in [2.75, 3.05) is 20.2 Å². The number of likely N-dealkylation sites (tertiary alicyclic amines) is 1. The van der Waals surface area contributed by atoms with Gasteiger partial charge in [0.25, 0.3) is 0 Å². The van der Waals surface area contributed by atoms with E-state index in [1.165, 1.54) is 0 Å². The number of hydrogen-bond acceptors (Lipinski definition) is 3. The molecule has 2 atom stereocenters. The number of methoxy groups -OCH3 is 1. The molecule has 1 aliphatic rings. The van der Waals surface area contributed by atoms with Crippen LogP contribution in [0.3, 0.4) is 0 Å². The van der Waals surface area contributed by atoms with Crippen LogP contribution in [0, 0.1) is 17.2 Å². The number of rotatable bonds is 4. The summed E-state index contributed by atoms with van der Waals surface area (Å²) in [6.45, 7) is 1.08. The van der Waals surface area contributed by atoms with Gasteiger partial charge in [-0.05, 0) is 11.6 Å². The van der Waals surface area contributed by atoms with Crippen LogP contribution >= 0.6 is 0 Å². The van der Waals surface area contributed by atoms with Crippen LogP contribution in [0.1, 0.15) is 17.0 Å². The normalized spacial score (nSPS) is 19.8. The standard InChI is InChI=1S/C20H20N2O2/c1-24-19-10-6-5-9-16(19)11-20(23)22-13-17(12-21)18(14-22)15-7-3-2-4-8-15/h2-10,17-18H,11,13-14H2,1H3/t17-,18+/m1/s1. The first-order valence-corrected chi connectivity index (χ1v) is 8.07. The summed E-state index contributed by atoms with van der Waals surface area (Å²) in [5, 5.41) is 9.46. The molecular weight excluding hydrogens is 300 g/mol. The Morgan fingerprint density at radius 2 is 1.88 bits per heavy atom. The lowest BCUT2D eigenvalue weighted by atomic mass is 9.90. The molecule has 0 radical (unpaired) electrons. The SMILES string of the molecule is COc1ccccc1CC(=O)N1C[C@@H](C#N)[C@H](c2ccccc2)C1. The number of amides is 1. The Bertz CT molecular complexity index is 752. The predicted octanol–water partition coefficient (Wildman–Crippen LogP) is 3.00. The predicted molar refractivity (Wildman–Crippen MR) is 91.6 cm³/mol. The summed E-state index contributed by atoms with van der Waals surface area (Å²) in [4.78, 5) is 14.5. The minimum atomic E-state index is -0.158. The number of ether oxygens (including phenoxy) is 1. The summed E-state index contributed by atoms with van der Waals surface area (Å²) in [6, 6.07) is 19.9. The highest BCUT2D eigenvalue weighted by atomic mass is 16.5. The van der Waals surface area contributed by atoms with E-state index in [9.17, 15) is 10.1 Å². The second-order valence-electron chi connectivity index (χ2n) is 6.04. The third-order valence-electron chi connectivity index (χ3n) is 4.60. The number of benzene rings is 2. The fourth-order valence-corrected chi connectivity index (χ4v) is 3.30. The van der Waals surface area contributed by atoms with Gasteiger partial charge < -0.3 is 9.64 Å². The van der Waals surface area contributed by atoms with Crippen LogP contribution in [0.15, 0.2) is 54.6 Å². The molecule has 122 valence electrons. The molecule has 0 aliphatic carbocycles. The van der Waals surface area contributed by atoms with Crippen LogP contribution in [0.4, 0.5) is 0 Å². The number of nitriles is 1. The highest BCUT2D eigenvalue weighted by molar-refractivity contribution is 5.80. The van der Waals surface area contributed by atoms with E-state index < -0.39 is 0 Å². The van der Waals surface area contributed by atoms with Gasteiger partial charge in [0.05, 0.1) is 25.5 Å². The smallest absolute Gasteiger partial charge is 0.227 e. The fourth-order valence-electron chi connectivity index (χ4n) is 3.30. The molecule has 1 fully saturated rings. The first-order valence-electron chi connectivity index (χ1n) is 8.07. The van der Waals surface area contributed by atoms with Crippen molar-refractivity contribution in [1.29, 1.82) is 5.26 Å². The van der Waals surface area contributed by atoms with Crippen molar-refractivity contribution >= 4 is 5.91 Å². The molecular formula is C20H20N2O2. The van der Waals surface area contributed by atoms with Gasteiger partial charge in [-0.15, -0.1) is 0 Å². The van der Waals surface area contributed by atoms with Crippen molar-refractivity contribution in [3.8, 4) is 11.8 Å². The Morgan fingerprint density at radius 3 is 2.58 bits per heavy atom. The molecule has 0 aromatic heterocycles. The van der Waals surface area contributed by atoms with Gasteiger partial charge in [0.1, 0.15) is 5.75 Å². The summed E-state index contributed by atoms with van der Waals surface area (Å²) in [5.74, 6) is 0.687. The lowest BCUT2D eigenvalue weighted by Crippen LogP contribution is -2.30. The van der Waals surface area contributed by atoms with Gasteiger partial charge in [-0.2, -0.15) is 5.26 Å². The van der Waals surface area contributed by atoms with Crippen LogP contribution in [0.5, 0.6) is 5.75 Å². The Morgan fingerprint density at radius 1 is 1.17 bits per heavy atom. The molecule has 1 aliphatic heterocycles. The van der Waals surface area contributed by atoms with E-state index in [0.29, 0.717) is 19.5 Å². The van der Waals surface area contributed by atoms with E-state index in [1.807, 2.05) is 54.6 Å². The van der Waals surface area contributed by atoms with Crippen LogP contribution in [0.2, 0.25) is 0 Å². The maximum Gasteiger partial charge on any atom is 0.227 e. The Balaban J connectivity index is 1.74. The van der Waals surface area contributed by atoms with Gasteiger partial charge >= 0.3 is 0 Å². The number of para-hydroxylation sites is 1. The summed E-state index contributed by atoms with van der Waals surface area (Å²) in [5.41, 5.74) is 2.00. The highest BCUT2D eigenvalue weighted by Gasteiger charge is 2.36. The van der Waals surface area contributed by atoms with Crippen molar-refractivity contribution in [2.45, 2.75) is 12.3 Å².